The number of aryl methyl sites for hydroxylation is 1. The summed E-state index contributed by atoms with van der Waals surface area (Å²) in [5.74, 6) is -1.22. The van der Waals surface area contributed by atoms with Gasteiger partial charge in [0, 0.05) is 21.3 Å². The van der Waals surface area contributed by atoms with Crippen LogP contribution in [-0.4, -0.2) is 17.1 Å². The molecule has 0 aliphatic carbocycles. The number of hydrogen-bond donors (Lipinski definition) is 2. The Morgan fingerprint density at radius 1 is 1.00 bits per heavy atom. The molecule has 30 heavy (non-hydrogen) atoms. The Bertz CT molecular complexity index is 1070. The van der Waals surface area contributed by atoms with Crippen LogP contribution in [-0.2, 0) is 4.79 Å². The molecule has 1 atom stereocenters. The summed E-state index contributed by atoms with van der Waals surface area (Å²) in [6.07, 6.45) is 0. The molecule has 3 rings (SSSR count). The fourth-order valence-corrected chi connectivity index (χ4v) is 3.72. The number of halogens is 2. The maximum absolute atomic E-state index is 13.7. The first kappa shape index (κ1) is 21.9. The summed E-state index contributed by atoms with van der Waals surface area (Å²) >= 11 is 7.39. The molecule has 0 saturated heterocycles. The Morgan fingerprint density at radius 2 is 1.70 bits per heavy atom. The van der Waals surface area contributed by atoms with Crippen molar-refractivity contribution in [2.45, 2.75) is 24.0 Å². The van der Waals surface area contributed by atoms with Crippen molar-refractivity contribution in [3.05, 3.63) is 88.7 Å². The third-order valence-electron chi connectivity index (χ3n) is 4.37. The molecule has 0 aromatic heterocycles. The van der Waals surface area contributed by atoms with Crippen molar-refractivity contribution in [3.8, 4) is 0 Å². The van der Waals surface area contributed by atoms with Crippen LogP contribution in [0.1, 0.15) is 22.8 Å². The van der Waals surface area contributed by atoms with Gasteiger partial charge in [0.15, 0.2) is 0 Å². The van der Waals surface area contributed by atoms with Crippen LogP contribution >= 0.6 is 23.4 Å². The lowest BCUT2D eigenvalue weighted by molar-refractivity contribution is -0.115. The van der Waals surface area contributed by atoms with Crippen LogP contribution in [0, 0.1) is 12.7 Å². The van der Waals surface area contributed by atoms with Crippen molar-refractivity contribution >= 4 is 46.6 Å². The van der Waals surface area contributed by atoms with E-state index in [0.717, 1.165) is 10.5 Å². The molecule has 154 valence electrons. The predicted molar refractivity (Wildman–Crippen MR) is 121 cm³/mol. The zero-order chi connectivity index (χ0) is 21.7. The quantitative estimate of drug-likeness (QED) is 0.449. The topological polar surface area (TPSA) is 58.2 Å². The highest BCUT2D eigenvalue weighted by molar-refractivity contribution is 8.00. The summed E-state index contributed by atoms with van der Waals surface area (Å²) in [5, 5.41) is 5.78. The SMILES string of the molecule is Cc1ccc(Cl)cc1NC(=O)C(C)Sc1ccc(NC(=O)c2ccccc2F)cc1. The van der Waals surface area contributed by atoms with Crippen molar-refractivity contribution in [2.75, 3.05) is 10.6 Å². The first-order valence-corrected chi connectivity index (χ1v) is 10.5. The average Bonchev–Trinajstić information content (AvgIpc) is 2.72. The standard InChI is InChI=1S/C23H20ClFN2O2S/c1-14-7-8-16(24)13-21(14)27-22(28)15(2)30-18-11-9-17(10-12-18)26-23(29)19-5-3-4-6-20(19)25/h3-13,15H,1-2H3,(H,26,29)(H,27,28). The maximum atomic E-state index is 13.7. The van der Waals surface area contributed by atoms with Gasteiger partial charge < -0.3 is 10.6 Å². The van der Waals surface area contributed by atoms with Crippen molar-refractivity contribution in [3.63, 3.8) is 0 Å². The number of amides is 2. The summed E-state index contributed by atoms with van der Waals surface area (Å²) < 4.78 is 13.7. The summed E-state index contributed by atoms with van der Waals surface area (Å²) in [6.45, 7) is 3.71. The van der Waals surface area contributed by atoms with E-state index in [1.54, 1.807) is 42.5 Å². The molecule has 0 bridgehead atoms. The lowest BCUT2D eigenvalue weighted by Gasteiger charge is -2.14. The first-order valence-electron chi connectivity index (χ1n) is 9.23. The lowest BCUT2D eigenvalue weighted by atomic mass is 10.2. The van der Waals surface area contributed by atoms with Gasteiger partial charge in [0.25, 0.3) is 5.91 Å². The van der Waals surface area contributed by atoms with Crippen molar-refractivity contribution in [1.29, 1.82) is 0 Å². The third-order valence-corrected chi connectivity index (χ3v) is 5.72. The van der Waals surface area contributed by atoms with E-state index >= 15 is 0 Å². The molecule has 0 heterocycles. The van der Waals surface area contributed by atoms with Gasteiger partial charge in [-0.1, -0.05) is 29.8 Å². The molecule has 4 nitrogen and oxygen atoms in total. The van der Waals surface area contributed by atoms with Crippen LogP contribution < -0.4 is 10.6 Å². The smallest absolute Gasteiger partial charge is 0.258 e. The van der Waals surface area contributed by atoms with Gasteiger partial charge in [0.2, 0.25) is 5.91 Å². The normalized spacial score (nSPS) is 11.6. The minimum atomic E-state index is -0.572. The van der Waals surface area contributed by atoms with E-state index in [9.17, 15) is 14.0 Å². The van der Waals surface area contributed by atoms with Crippen molar-refractivity contribution in [1.82, 2.24) is 0 Å². The van der Waals surface area contributed by atoms with Crippen LogP contribution in [0.5, 0.6) is 0 Å². The highest BCUT2D eigenvalue weighted by Gasteiger charge is 2.16. The van der Waals surface area contributed by atoms with Crippen LogP contribution in [0.25, 0.3) is 0 Å². The maximum Gasteiger partial charge on any atom is 0.258 e. The summed E-state index contributed by atoms with van der Waals surface area (Å²) in [7, 11) is 0. The second-order valence-corrected chi connectivity index (χ2v) is 8.52. The van der Waals surface area contributed by atoms with Gasteiger partial charge in [-0.15, -0.1) is 11.8 Å². The number of rotatable bonds is 6. The van der Waals surface area contributed by atoms with Gasteiger partial charge in [0.1, 0.15) is 5.82 Å². The molecular formula is C23H20ClFN2O2S. The molecule has 0 aliphatic heterocycles. The average molecular weight is 443 g/mol. The summed E-state index contributed by atoms with van der Waals surface area (Å²) in [4.78, 5) is 25.6. The molecule has 0 spiro atoms. The van der Waals surface area contributed by atoms with Gasteiger partial charge in [-0.05, 0) is 67.9 Å². The molecule has 7 heteroatoms. The Kier molecular flexibility index (Phi) is 7.13. The third kappa shape index (κ3) is 5.62. The molecule has 2 N–H and O–H groups in total. The van der Waals surface area contributed by atoms with Crippen LogP contribution in [0.15, 0.2) is 71.6 Å². The molecule has 3 aromatic carbocycles. The monoisotopic (exact) mass is 442 g/mol. The van der Waals surface area contributed by atoms with E-state index in [1.165, 1.54) is 30.0 Å². The van der Waals surface area contributed by atoms with E-state index in [2.05, 4.69) is 10.6 Å². The minimum Gasteiger partial charge on any atom is -0.325 e. The lowest BCUT2D eigenvalue weighted by Crippen LogP contribution is -2.22. The second-order valence-electron chi connectivity index (χ2n) is 6.67. The predicted octanol–water partition coefficient (Wildman–Crippen LogP) is 6.16. The fourth-order valence-electron chi connectivity index (χ4n) is 2.68. The van der Waals surface area contributed by atoms with Crippen LogP contribution in [0.3, 0.4) is 0 Å². The molecule has 0 saturated carbocycles. The summed E-state index contributed by atoms with van der Waals surface area (Å²) in [5.41, 5.74) is 2.14. The molecule has 2 amide bonds. The highest BCUT2D eigenvalue weighted by atomic mass is 35.5. The van der Waals surface area contributed by atoms with E-state index in [4.69, 9.17) is 11.6 Å². The molecular weight excluding hydrogens is 423 g/mol. The number of anilines is 2. The number of thioether (sulfide) groups is 1. The number of nitrogens with one attached hydrogen (secondary N) is 2. The Morgan fingerprint density at radius 3 is 2.40 bits per heavy atom. The zero-order valence-corrected chi connectivity index (χ0v) is 18.0. The van der Waals surface area contributed by atoms with Gasteiger partial charge >= 0.3 is 0 Å². The van der Waals surface area contributed by atoms with Gasteiger partial charge in [-0.2, -0.15) is 0 Å². The largest absolute Gasteiger partial charge is 0.325 e. The van der Waals surface area contributed by atoms with Crippen molar-refractivity contribution in [2.24, 2.45) is 0 Å². The van der Waals surface area contributed by atoms with Gasteiger partial charge in [-0.25, -0.2) is 4.39 Å². The van der Waals surface area contributed by atoms with E-state index < -0.39 is 11.7 Å². The minimum absolute atomic E-state index is 0.0162. The highest BCUT2D eigenvalue weighted by Crippen LogP contribution is 2.27. The Balaban J connectivity index is 1.59. The molecule has 0 radical (unpaired) electrons. The second kappa shape index (κ2) is 9.78. The van der Waals surface area contributed by atoms with Crippen LogP contribution in [0.2, 0.25) is 5.02 Å². The number of carbonyl (C=O) groups excluding carboxylic acids is 2. The van der Waals surface area contributed by atoms with Crippen molar-refractivity contribution < 1.29 is 14.0 Å². The number of benzene rings is 3. The number of carbonyl (C=O) groups is 2. The summed E-state index contributed by atoms with van der Waals surface area (Å²) in [6, 6.07) is 18.2. The van der Waals surface area contributed by atoms with E-state index in [-0.39, 0.29) is 16.7 Å². The van der Waals surface area contributed by atoms with Crippen LogP contribution in [0.4, 0.5) is 15.8 Å². The zero-order valence-electron chi connectivity index (χ0n) is 16.4. The fraction of sp³-hybridized carbons (Fsp3) is 0.130. The molecule has 0 aliphatic rings. The Hall–Kier alpha value is -2.83. The van der Waals surface area contributed by atoms with Gasteiger partial charge in [0.05, 0.1) is 10.8 Å². The Labute approximate surface area is 183 Å². The molecule has 0 fully saturated rings. The first-order chi connectivity index (χ1) is 14.3. The molecule has 3 aromatic rings. The molecule has 1 unspecified atom stereocenters. The van der Waals surface area contributed by atoms with E-state index in [0.29, 0.717) is 16.4 Å². The van der Waals surface area contributed by atoms with Gasteiger partial charge in [-0.3, -0.25) is 9.59 Å². The number of hydrogen-bond acceptors (Lipinski definition) is 3. The van der Waals surface area contributed by atoms with E-state index in [1.807, 2.05) is 19.9 Å².